The minimum absolute atomic E-state index is 0.0104. The van der Waals surface area contributed by atoms with Crippen molar-refractivity contribution in [2.45, 2.75) is 6.42 Å². The normalized spacial score (nSPS) is 10.2. The van der Waals surface area contributed by atoms with Crippen LogP contribution in [-0.4, -0.2) is 18.1 Å². The van der Waals surface area contributed by atoms with Crippen LogP contribution in [0.3, 0.4) is 0 Å². The Bertz CT molecular complexity index is 831. The van der Waals surface area contributed by atoms with Crippen LogP contribution < -0.4 is 0 Å². The maximum Gasteiger partial charge on any atom is 0.272 e. The third kappa shape index (κ3) is 2.69. The lowest BCUT2D eigenvalue weighted by molar-refractivity contribution is -0.385. The van der Waals surface area contributed by atoms with Crippen molar-refractivity contribution in [2.75, 3.05) is 0 Å². The Hall–Kier alpha value is -2.61. The molecule has 7 nitrogen and oxygen atoms in total. The van der Waals surface area contributed by atoms with Crippen molar-refractivity contribution in [2.24, 2.45) is 0 Å². The first-order valence-corrected chi connectivity index (χ1v) is 6.61. The van der Waals surface area contributed by atoms with Gasteiger partial charge in [-0.1, -0.05) is 24.3 Å². The van der Waals surface area contributed by atoms with Crippen molar-refractivity contribution < 1.29 is 13.3 Å². The van der Waals surface area contributed by atoms with Crippen molar-refractivity contribution in [1.82, 2.24) is 4.73 Å². The molecule has 0 N–H and O–H groups in total. The first-order valence-electron chi connectivity index (χ1n) is 5.53. The molecular weight excluding hydrogens is 284 g/mol. The van der Waals surface area contributed by atoms with Gasteiger partial charge in [0, 0.05) is 18.1 Å². The number of hydrogen-bond acceptors (Lipinski definition) is 5. The molecule has 0 unspecified atom stereocenters. The average molecular weight is 293 g/mol. The molecule has 0 saturated heterocycles. The second-order valence-corrected chi connectivity index (χ2v) is 4.82. The monoisotopic (exact) mass is 293 g/mol. The Morgan fingerprint density at radius 2 is 1.75 bits per heavy atom. The number of nitrogens with zero attached hydrogens (tertiary/aromatic N) is 2. The summed E-state index contributed by atoms with van der Waals surface area (Å²) in [5.41, 5.74) is 0.442. The van der Waals surface area contributed by atoms with Gasteiger partial charge in [-0.2, -0.15) is 8.42 Å². The fraction of sp³-hybridized carbons (Fsp3) is 0.0833. The minimum Gasteiger partial charge on any atom is -0.805 e. The van der Waals surface area contributed by atoms with Crippen LogP contribution in [0.4, 0.5) is 5.69 Å². The first kappa shape index (κ1) is 13.8. The zero-order valence-electron chi connectivity index (χ0n) is 10.1. The highest BCUT2D eigenvalue weighted by molar-refractivity contribution is 7.63. The van der Waals surface area contributed by atoms with E-state index in [4.69, 9.17) is 0 Å². The smallest absolute Gasteiger partial charge is 0.272 e. The number of aromatic nitrogens is 1. The van der Waals surface area contributed by atoms with Crippen molar-refractivity contribution in [3.63, 3.8) is 0 Å². The zero-order valence-corrected chi connectivity index (χ0v) is 10.9. The van der Waals surface area contributed by atoms with Gasteiger partial charge < -0.3 is 9.94 Å². The predicted molar refractivity (Wildman–Crippen MR) is 71.3 cm³/mol. The van der Waals surface area contributed by atoms with E-state index >= 15 is 0 Å². The van der Waals surface area contributed by atoms with Crippen LogP contribution in [0.5, 0.6) is 0 Å². The van der Waals surface area contributed by atoms with Crippen LogP contribution in [0, 0.1) is 20.0 Å². The fourth-order valence-corrected chi connectivity index (χ4v) is 2.44. The molecule has 1 aromatic carbocycles. The summed E-state index contributed by atoms with van der Waals surface area (Å²) in [6.45, 7) is 0. The first-order chi connectivity index (χ1) is 9.50. The molecule has 0 amide bonds. The number of para-hydroxylation sites is 1. The van der Waals surface area contributed by atoms with Gasteiger partial charge in [0.1, 0.15) is 0 Å². The summed E-state index contributed by atoms with van der Waals surface area (Å²) in [5, 5.41) is 22.4. The SMILES string of the molecule is O=[N+]([O-])c1ccccc1Cc1cccn([O-])c1=S(=O)=O. The number of pyridine rings is 1. The number of rotatable bonds is 3. The molecule has 20 heavy (non-hydrogen) atoms. The highest BCUT2D eigenvalue weighted by Crippen LogP contribution is 2.21. The summed E-state index contributed by atoms with van der Waals surface area (Å²) in [4.78, 5) is 10.4. The number of hydrogen-bond donors (Lipinski definition) is 0. The summed E-state index contributed by atoms with van der Waals surface area (Å²) < 4.78 is 22.0. The standard InChI is InChI=1S/C12H9N2O5S/c15-13-7-3-5-10(12(13)20(18)19)8-9-4-1-2-6-11(9)14(16)17/h1-7H,8H2/q-1. The maximum absolute atomic E-state index is 11.5. The fourth-order valence-electron chi connectivity index (χ4n) is 1.88. The lowest BCUT2D eigenvalue weighted by Gasteiger charge is -2.12. The Morgan fingerprint density at radius 3 is 2.40 bits per heavy atom. The molecule has 1 heterocycles. The van der Waals surface area contributed by atoms with Gasteiger partial charge in [0.2, 0.25) is 10.3 Å². The summed E-state index contributed by atoms with van der Waals surface area (Å²) in [5.74, 6) is 0. The molecule has 0 spiro atoms. The molecule has 2 aromatic rings. The lowest BCUT2D eigenvalue weighted by atomic mass is 10.1. The summed E-state index contributed by atoms with van der Waals surface area (Å²) >= 11 is 0. The van der Waals surface area contributed by atoms with E-state index in [9.17, 15) is 23.7 Å². The van der Waals surface area contributed by atoms with Crippen molar-refractivity contribution >= 4 is 16.0 Å². The van der Waals surface area contributed by atoms with E-state index in [0.29, 0.717) is 5.56 Å². The zero-order chi connectivity index (χ0) is 14.7. The van der Waals surface area contributed by atoms with E-state index in [2.05, 4.69) is 0 Å². The van der Waals surface area contributed by atoms with Crippen LogP contribution in [0.15, 0.2) is 42.6 Å². The third-order valence-corrected chi connectivity index (χ3v) is 3.48. The van der Waals surface area contributed by atoms with E-state index in [1.54, 1.807) is 6.07 Å². The van der Waals surface area contributed by atoms with Crippen LogP contribution >= 0.6 is 0 Å². The highest BCUT2D eigenvalue weighted by atomic mass is 32.2. The Balaban J connectivity index is 2.61. The molecule has 0 bridgehead atoms. The molecule has 0 fully saturated rings. The van der Waals surface area contributed by atoms with Gasteiger partial charge in [-0.25, -0.2) is 0 Å². The second kappa shape index (κ2) is 5.57. The number of benzene rings is 1. The van der Waals surface area contributed by atoms with E-state index < -0.39 is 19.9 Å². The predicted octanol–water partition coefficient (Wildman–Crippen LogP) is 1.74. The van der Waals surface area contributed by atoms with E-state index in [-0.39, 0.29) is 22.4 Å². The maximum atomic E-state index is 11.5. The van der Waals surface area contributed by atoms with E-state index in [0.717, 1.165) is 6.20 Å². The Morgan fingerprint density at radius 1 is 1.10 bits per heavy atom. The number of nitro benzene ring substituents is 1. The highest BCUT2D eigenvalue weighted by Gasteiger charge is 2.13. The second-order valence-electron chi connectivity index (χ2n) is 3.96. The summed E-state index contributed by atoms with van der Waals surface area (Å²) in [6.07, 6.45) is 1.05. The third-order valence-electron chi connectivity index (χ3n) is 2.72. The quantitative estimate of drug-likeness (QED) is 0.487. The van der Waals surface area contributed by atoms with Gasteiger partial charge in [0.05, 0.1) is 4.92 Å². The van der Waals surface area contributed by atoms with Crippen LogP contribution in [0.25, 0.3) is 0 Å². The van der Waals surface area contributed by atoms with Crippen molar-refractivity contribution in [1.29, 1.82) is 0 Å². The van der Waals surface area contributed by atoms with Gasteiger partial charge >= 0.3 is 0 Å². The van der Waals surface area contributed by atoms with Gasteiger partial charge in [0.15, 0.2) is 4.64 Å². The minimum atomic E-state index is -2.71. The van der Waals surface area contributed by atoms with E-state index in [1.165, 1.54) is 30.3 Å². The Kier molecular flexibility index (Phi) is 3.85. The molecule has 0 saturated carbocycles. The topological polar surface area (TPSA) is 105 Å². The van der Waals surface area contributed by atoms with Crippen LogP contribution in [0.2, 0.25) is 0 Å². The van der Waals surface area contributed by atoms with Gasteiger partial charge in [0.25, 0.3) is 5.69 Å². The van der Waals surface area contributed by atoms with Crippen molar-refractivity contribution in [3.8, 4) is 0 Å². The summed E-state index contributed by atoms with van der Waals surface area (Å²) in [7, 11) is -2.71. The van der Waals surface area contributed by atoms with E-state index in [1.807, 2.05) is 0 Å². The van der Waals surface area contributed by atoms with Crippen molar-refractivity contribution in [3.05, 3.63) is 73.7 Å². The largest absolute Gasteiger partial charge is 0.805 e. The molecular formula is C12H9N2O5S-. The molecule has 2 rings (SSSR count). The molecule has 0 aliphatic rings. The molecule has 0 atom stereocenters. The van der Waals surface area contributed by atoms with Gasteiger partial charge in [-0.05, 0) is 17.8 Å². The average Bonchev–Trinajstić information content (AvgIpc) is 2.38. The molecule has 0 aliphatic carbocycles. The van der Waals surface area contributed by atoms with Gasteiger partial charge in [-0.3, -0.25) is 10.1 Å². The molecule has 0 aliphatic heterocycles. The lowest BCUT2D eigenvalue weighted by Crippen LogP contribution is -2.01. The van der Waals surface area contributed by atoms with Crippen LogP contribution in [-0.2, 0) is 16.7 Å². The molecule has 0 radical (unpaired) electrons. The Labute approximate surface area is 115 Å². The molecule has 1 aromatic heterocycles. The van der Waals surface area contributed by atoms with Crippen LogP contribution in [0.1, 0.15) is 11.1 Å². The van der Waals surface area contributed by atoms with Gasteiger partial charge in [-0.15, -0.1) is 0 Å². The molecule has 8 heteroatoms. The summed E-state index contributed by atoms with van der Waals surface area (Å²) in [6, 6.07) is 8.84. The number of nitro groups is 1. The molecule has 104 valence electrons.